The highest BCUT2D eigenvalue weighted by molar-refractivity contribution is 5.92. The summed E-state index contributed by atoms with van der Waals surface area (Å²) >= 11 is 0. The van der Waals surface area contributed by atoms with Crippen LogP contribution in [0.1, 0.15) is 60.5 Å². The number of amides is 1. The summed E-state index contributed by atoms with van der Waals surface area (Å²) in [5.74, 6) is 0.864. The van der Waals surface area contributed by atoms with Gasteiger partial charge in [0, 0.05) is 31.0 Å². The quantitative estimate of drug-likeness (QED) is 0.612. The highest BCUT2D eigenvalue weighted by Gasteiger charge is 2.23. The summed E-state index contributed by atoms with van der Waals surface area (Å²) in [6, 6.07) is 8.36. The average molecular weight is 432 g/mol. The zero-order chi connectivity index (χ0) is 20.2. The molecule has 0 spiro atoms. The zero-order valence-electron chi connectivity index (χ0n) is 17.6. The van der Waals surface area contributed by atoms with Gasteiger partial charge in [-0.2, -0.15) is 0 Å². The number of nitrogens with zero attached hydrogens (tertiary/aromatic N) is 4. The summed E-state index contributed by atoms with van der Waals surface area (Å²) in [5, 5.41) is 12.8. The average Bonchev–Trinajstić information content (AvgIpc) is 3.38. The first kappa shape index (κ1) is 22.3. The third-order valence-electron chi connectivity index (χ3n) is 5.69. The summed E-state index contributed by atoms with van der Waals surface area (Å²) < 4.78 is 7.94. The van der Waals surface area contributed by atoms with Gasteiger partial charge in [-0.05, 0) is 38.4 Å². The Labute approximate surface area is 183 Å². The van der Waals surface area contributed by atoms with E-state index in [1.165, 1.54) is 0 Å². The fourth-order valence-electron chi connectivity index (χ4n) is 3.99. The first-order chi connectivity index (χ1) is 14.2. The Balaban J connectivity index is 0.00000256. The van der Waals surface area contributed by atoms with Gasteiger partial charge in [-0.1, -0.05) is 36.8 Å². The number of aryl methyl sites for hydroxylation is 1. The maximum Gasteiger partial charge on any atom is 0.276 e. The van der Waals surface area contributed by atoms with Gasteiger partial charge in [0.1, 0.15) is 11.3 Å². The molecule has 1 saturated heterocycles. The van der Waals surface area contributed by atoms with E-state index in [-0.39, 0.29) is 18.3 Å². The van der Waals surface area contributed by atoms with Crippen LogP contribution >= 0.6 is 12.4 Å². The monoisotopic (exact) mass is 431 g/mol. The van der Waals surface area contributed by atoms with Crippen molar-refractivity contribution in [3.05, 3.63) is 47.5 Å². The molecular formula is C22H30ClN5O2. The lowest BCUT2D eigenvalue weighted by Gasteiger charge is -2.22. The maximum atomic E-state index is 13.0. The molecule has 7 nitrogen and oxygen atoms in total. The fourth-order valence-corrected chi connectivity index (χ4v) is 3.99. The van der Waals surface area contributed by atoms with Crippen LogP contribution in [0.2, 0.25) is 0 Å². The second-order valence-electron chi connectivity index (χ2n) is 7.83. The molecule has 1 N–H and O–H groups in total. The molecule has 1 fully saturated rings. The number of unbranched alkanes of at least 4 members (excludes halogenated alkanes) is 1. The van der Waals surface area contributed by atoms with Crippen molar-refractivity contribution in [2.75, 3.05) is 20.1 Å². The van der Waals surface area contributed by atoms with Crippen molar-refractivity contribution in [1.29, 1.82) is 0 Å². The molecule has 0 atom stereocenters. The van der Waals surface area contributed by atoms with Crippen molar-refractivity contribution in [1.82, 2.24) is 25.2 Å². The largest absolute Gasteiger partial charge is 0.461 e. The number of aromatic nitrogens is 3. The lowest BCUT2D eigenvalue weighted by Crippen LogP contribution is -2.29. The first-order valence-corrected chi connectivity index (χ1v) is 10.5. The number of piperidine rings is 1. The molecule has 0 aliphatic carbocycles. The Bertz CT molecular complexity index is 977. The van der Waals surface area contributed by atoms with E-state index in [2.05, 4.69) is 28.6 Å². The van der Waals surface area contributed by atoms with Crippen molar-refractivity contribution < 1.29 is 9.21 Å². The molecule has 162 valence electrons. The van der Waals surface area contributed by atoms with Crippen LogP contribution in [0.4, 0.5) is 0 Å². The van der Waals surface area contributed by atoms with Crippen LogP contribution in [-0.4, -0.2) is 45.9 Å². The van der Waals surface area contributed by atoms with Crippen molar-refractivity contribution in [3.8, 4) is 0 Å². The number of hydrogen-bond acceptors (Lipinski definition) is 5. The standard InChI is InChI=1S/C22H29N5O2.ClH/c1-3-4-8-21-18(17-7-5-6-9-20(17)29-21)14-26(2)22(28)19-15-27(25-24-19)16-10-12-23-13-11-16;/h5-7,9,15-16,23H,3-4,8,10-14H2,1-2H3;1H. The molecule has 0 bridgehead atoms. The normalized spacial score (nSPS) is 14.6. The Morgan fingerprint density at radius 3 is 2.83 bits per heavy atom. The highest BCUT2D eigenvalue weighted by atomic mass is 35.5. The number of para-hydroxylation sites is 1. The Hall–Kier alpha value is -2.38. The summed E-state index contributed by atoms with van der Waals surface area (Å²) in [7, 11) is 1.82. The lowest BCUT2D eigenvalue weighted by molar-refractivity contribution is 0.0779. The fraction of sp³-hybridized carbons (Fsp3) is 0.500. The van der Waals surface area contributed by atoms with Gasteiger partial charge in [-0.15, -0.1) is 17.5 Å². The van der Waals surface area contributed by atoms with Gasteiger partial charge in [0.15, 0.2) is 5.69 Å². The number of halogens is 1. The highest BCUT2D eigenvalue weighted by Crippen LogP contribution is 2.28. The van der Waals surface area contributed by atoms with E-state index in [1.54, 1.807) is 11.1 Å². The van der Waals surface area contributed by atoms with E-state index < -0.39 is 0 Å². The van der Waals surface area contributed by atoms with E-state index in [1.807, 2.05) is 29.9 Å². The minimum absolute atomic E-state index is 0. The molecule has 1 aromatic carbocycles. The van der Waals surface area contributed by atoms with E-state index in [0.717, 1.165) is 67.5 Å². The number of carbonyl (C=O) groups excluding carboxylic acids is 1. The van der Waals surface area contributed by atoms with Crippen LogP contribution in [0.5, 0.6) is 0 Å². The molecule has 3 aromatic rings. The smallest absolute Gasteiger partial charge is 0.276 e. The van der Waals surface area contributed by atoms with Crippen molar-refractivity contribution in [2.45, 2.75) is 51.6 Å². The third-order valence-corrected chi connectivity index (χ3v) is 5.69. The predicted molar refractivity (Wildman–Crippen MR) is 119 cm³/mol. The maximum absolute atomic E-state index is 13.0. The number of rotatable bonds is 7. The molecule has 8 heteroatoms. The van der Waals surface area contributed by atoms with Crippen molar-refractivity contribution in [3.63, 3.8) is 0 Å². The molecule has 4 rings (SSSR count). The van der Waals surface area contributed by atoms with Crippen LogP contribution in [0.15, 0.2) is 34.9 Å². The van der Waals surface area contributed by atoms with Crippen LogP contribution in [0.25, 0.3) is 11.0 Å². The van der Waals surface area contributed by atoms with Gasteiger partial charge >= 0.3 is 0 Å². The van der Waals surface area contributed by atoms with Gasteiger partial charge in [0.25, 0.3) is 5.91 Å². The second kappa shape index (κ2) is 10.1. The minimum atomic E-state index is -0.114. The lowest BCUT2D eigenvalue weighted by atomic mass is 10.1. The van der Waals surface area contributed by atoms with E-state index >= 15 is 0 Å². The molecular weight excluding hydrogens is 402 g/mol. The number of benzene rings is 1. The topological polar surface area (TPSA) is 76.2 Å². The molecule has 1 aliphatic heterocycles. The SMILES string of the molecule is CCCCc1oc2ccccc2c1CN(C)C(=O)c1cn(C2CCNCC2)nn1.Cl. The first-order valence-electron chi connectivity index (χ1n) is 10.5. The van der Waals surface area contributed by atoms with Gasteiger partial charge in [-0.25, -0.2) is 4.68 Å². The van der Waals surface area contributed by atoms with Gasteiger partial charge in [0.05, 0.1) is 12.2 Å². The van der Waals surface area contributed by atoms with E-state index in [0.29, 0.717) is 18.3 Å². The van der Waals surface area contributed by atoms with Crippen LogP contribution in [0.3, 0.4) is 0 Å². The number of nitrogens with one attached hydrogen (secondary N) is 1. The minimum Gasteiger partial charge on any atom is -0.461 e. The summed E-state index contributed by atoms with van der Waals surface area (Å²) in [4.78, 5) is 14.7. The Morgan fingerprint density at radius 1 is 1.30 bits per heavy atom. The second-order valence-corrected chi connectivity index (χ2v) is 7.83. The number of carbonyl (C=O) groups is 1. The van der Waals surface area contributed by atoms with Crippen LogP contribution < -0.4 is 5.32 Å². The molecule has 30 heavy (non-hydrogen) atoms. The summed E-state index contributed by atoms with van der Waals surface area (Å²) in [6.07, 6.45) is 6.86. The molecule has 2 aromatic heterocycles. The summed E-state index contributed by atoms with van der Waals surface area (Å²) in [6.45, 7) is 4.61. The molecule has 1 aliphatic rings. The third kappa shape index (κ3) is 4.68. The molecule has 0 radical (unpaired) electrons. The van der Waals surface area contributed by atoms with Crippen molar-refractivity contribution in [2.24, 2.45) is 0 Å². The van der Waals surface area contributed by atoms with Gasteiger partial charge in [-0.3, -0.25) is 4.79 Å². The molecule has 0 saturated carbocycles. The predicted octanol–water partition coefficient (Wildman–Crippen LogP) is 3.99. The molecule has 0 unspecified atom stereocenters. The zero-order valence-corrected chi connectivity index (χ0v) is 18.5. The van der Waals surface area contributed by atoms with Gasteiger partial charge in [0.2, 0.25) is 0 Å². The van der Waals surface area contributed by atoms with E-state index in [9.17, 15) is 4.79 Å². The van der Waals surface area contributed by atoms with Crippen LogP contribution in [0, 0.1) is 0 Å². The summed E-state index contributed by atoms with van der Waals surface area (Å²) in [5.41, 5.74) is 2.37. The number of furan rings is 1. The number of hydrogen-bond donors (Lipinski definition) is 1. The van der Waals surface area contributed by atoms with Crippen molar-refractivity contribution >= 4 is 29.3 Å². The van der Waals surface area contributed by atoms with E-state index in [4.69, 9.17) is 4.42 Å². The number of fused-ring (bicyclic) bond motifs is 1. The Morgan fingerprint density at radius 2 is 2.07 bits per heavy atom. The molecule has 3 heterocycles. The van der Waals surface area contributed by atoms with Gasteiger partial charge < -0.3 is 14.6 Å². The molecule has 1 amide bonds. The van der Waals surface area contributed by atoms with Crippen LogP contribution in [-0.2, 0) is 13.0 Å². The Kier molecular flexibility index (Phi) is 7.50.